The first-order valence-electron chi connectivity index (χ1n) is 11.9. The molecule has 0 saturated carbocycles. The highest BCUT2D eigenvalue weighted by Gasteiger charge is 2.30. The maximum atomic E-state index is 13.8. The molecular formula is C26H27Cl2N5O5S. The Bertz CT molecular complexity index is 1580. The van der Waals surface area contributed by atoms with Gasteiger partial charge in [-0.3, -0.25) is 13.7 Å². The summed E-state index contributed by atoms with van der Waals surface area (Å²) in [6.45, 7) is 4.87. The first kappa shape index (κ1) is 28.6. The van der Waals surface area contributed by atoms with E-state index in [9.17, 15) is 13.2 Å². The third kappa shape index (κ3) is 6.80. The van der Waals surface area contributed by atoms with Crippen molar-refractivity contribution in [2.75, 3.05) is 29.3 Å². The Kier molecular flexibility index (Phi) is 8.36. The van der Waals surface area contributed by atoms with Gasteiger partial charge in [0.2, 0.25) is 0 Å². The fraction of sp³-hybridized carbons (Fsp3) is 0.269. The quantitative estimate of drug-likeness (QED) is 0.269. The second-order valence-electron chi connectivity index (χ2n) is 9.56. The van der Waals surface area contributed by atoms with Crippen LogP contribution >= 0.6 is 23.2 Å². The van der Waals surface area contributed by atoms with Crippen LogP contribution < -0.4 is 9.62 Å². The SMILES string of the molecule is CC(C)(C)OC(=O)CN(c1ccc2c(ccn2-c2ccc(NCCO)nn2)c1)S(=O)(=O)c1cc(Cl)cc(Cl)c1. The molecule has 13 heteroatoms. The summed E-state index contributed by atoms with van der Waals surface area (Å²) in [6, 6.07) is 14.3. The molecule has 0 spiro atoms. The molecule has 0 fully saturated rings. The predicted octanol–water partition coefficient (Wildman–Crippen LogP) is 4.67. The van der Waals surface area contributed by atoms with Crippen LogP contribution in [-0.2, 0) is 19.6 Å². The minimum absolute atomic E-state index is 0.0288. The second kappa shape index (κ2) is 11.4. The highest BCUT2D eigenvalue weighted by Crippen LogP contribution is 2.31. The molecule has 0 aliphatic heterocycles. The maximum absolute atomic E-state index is 13.8. The van der Waals surface area contributed by atoms with Crippen molar-refractivity contribution < 1.29 is 23.1 Å². The van der Waals surface area contributed by atoms with Crippen LogP contribution in [0.1, 0.15) is 20.8 Å². The minimum Gasteiger partial charge on any atom is -0.459 e. The summed E-state index contributed by atoms with van der Waals surface area (Å²) in [5.41, 5.74) is 0.179. The number of rotatable bonds is 9. The normalized spacial score (nSPS) is 11.9. The third-order valence-corrected chi connectivity index (χ3v) is 7.58. The number of aliphatic hydroxyl groups excluding tert-OH is 1. The molecule has 39 heavy (non-hydrogen) atoms. The van der Waals surface area contributed by atoms with Crippen molar-refractivity contribution in [3.63, 3.8) is 0 Å². The minimum atomic E-state index is -4.27. The van der Waals surface area contributed by atoms with Gasteiger partial charge in [-0.15, -0.1) is 10.2 Å². The van der Waals surface area contributed by atoms with E-state index in [-0.39, 0.29) is 27.2 Å². The van der Waals surface area contributed by atoms with Gasteiger partial charge < -0.3 is 15.2 Å². The Morgan fingerprint density at radius 1 is 1.05 bits per heavy atom. The Labute approximate surface area is 236 Å². The van der Waals surface area contributed by atoms with Crippen LogP contribution in [0.4, 0.5) is 11.5 Å². The highest BCUT2D eigenvalue weighted by molar-refractivity contribution is 7.92. The molecule has 0 amide bonds. The lowest BCUT2D eigenvalue weighted by molar-refractivity contribution is -0.152. The van der Waals surface area contributed by atoms with E-state index in [4.69, 9.17) is 33.0 Å². The van der Waals surface area contributed by atoms with Crippen LogP contribution in [0.3, 0.4) is 0 Å². The summed E-state index contributed by atoms with van der Waals surface area (Å²) >= 11 is 12.2. The largest absolute Gasteiger partial charge is 0.459 e. The summed E-state index contributed by atoms with van der Waals surface area (Å²) < 4.78 is 35.7. The van der Waals surface area contributed by atoms with Crippen molar-refractivity contribution in [1.29, 1.82) is 0 Å². The fourth-order valence-corrected chi connectivity index (χ4v) is 5.96. The average Bonchev–Trinajstić information content (AvgIpc) is 3.28. The number of anilines is 2. The molecule has 4 aromatic rings. The molecule has 0 aliphatic rings. The third-order valence-electron chi connectivity index (χ3n) is 5.39. The maximum Gasteiger partial charge on any atom is 0.327 e. The first-order valence-corrected chi connectivity index (χ1v) is 14.1. The zero-order valence-corrected chi connectivity index (χ0v) is 23.8. The van der Waals surface area contributed by atoms with Gasteiger partial charge in [-0.05, 0) is 75.4 Å². The van der Waals surface area contributed by atoms with Gasteiger partial charge in [-0.2, -0.15) is 0 Å². The number of esters is 1. The number of nitrogens with one attached hydrogen (secondary N) is 1. The number of sulfonamides is 1. The number of hydrogen-bond donors (Lipinski definition) is 2. The van der Waals surface area contributed by atoms with Crippen LogP contribution in [0.2, 0.25) is 10.0 Å². The number of hydrogen-bond acceptors (Lipinski definition) is 8. The van der Waals surface area contributed by atoms with E-state index in [2.05, 4.69) is 15.5 Å². The number of fused-ring (bicyclic) bond motifs is 1. The predicted molar refractivity (Wildman–Crippen MR) is 151 cm³/mol. The Morgan fingerprint density at radius 3 is 2.38 bits per heavy atom. The fourth-order valence-electron chi connectivity index (χ4n) is 3.83. The average molecular weight is 593 g/mol. The van der Waals surface area contributed by atoms with Crippen LogP contribution in [0.25, 0.3) is 16.7 Å². The zero-order chi connectivity index (χ0) is 28.4. The van der Waals surface area contributed by atoms with Gasteiger partial charge in [0.05, 0.1) is 22.7 Å². The van der Waals surface area contributed by atoms with Crippen molar-refractivity contribution in [3.05, 3.63) is 70.8 Å². The topological polar surface area (TPSA) is 127 Å². The van der Waals surface area contributed by atoms with Crippen molar-refractivity contribution in [2.24, 2.45) is 0 Å². The summed E-state index contributed by atoms with van der Waals surface area (Å²) in [7, 11) is -4.27. The van der Waals surface area contributed by atoms with Crippen LogP contribution in [0.15, 0.2) is 65.7 Å². The molecule has 4 rings (SSSR count). The number of benzene rings is 2. The molecule has 0 aliphatic carbocycles. The molecule has 0 unspecified atom stereocenters. The van der Waals surface area contributed by atoms with Crippen LogP contribution in [-0.4, -0.2) is 59.6 Å². The van der Waals surface area contributed by atoms with Crippen molar-refractivity contribution in [3.8, 4) is 5.82 Å². The van der Waals surface area contributed by atoms with Gasteiger partial charge in [0, 0.05) is 28.2 Å². The molecule has 0 saturated heterocycles. The van der Waals surface area contributed by atoms with E-state index >= 15 is 0 Å². The van der Waals surface area contributed by atoms with Gasteiger partial charge in [0.15, 0.2) is 5.82 Å². The van der Waals surface area contributed by atoms with E-state index in [0.717, 1.165) is 9.82 Å². The van der Waals surface area contributed by atoms with E-state index in [0.29, 0.717) is 23.6 Å². The standard InChI is InChI=1S/C26H27Cl2N5O5S/c1-26(2,3)38-25(35)16-33(39(36,37)21-14-18(27)13-19(28)15-21)20-4-5-22-17(12-20)8-10-32(22)24-7-6-23(30-31-24)29-9-11-34/h4-8,10,12-15,34H,9,11,16H2,1-3H3,(H,29,30). The molecule has 0 atom stereocenters. The summed E-state index contributed by atoms with van der Waals surface area (Å²) in [5, 5.41) is 21.2. The van der Waals surface area contributed by atoms with E-state index < -0.39 is 28.1 Å². The Balaban J connectivity index is 1.74. The van der Waals surface area contributed by atoms with E-state index in [1.165, 1.54) is 18.2 Å². The Hall–Kier alpha value is -3.38. The number of aromatic nitrogens is 3. The molecular weight excluding hydrogens is 565 g/mol. The Morgan fingerprint density at radius 2 is 1.77 bits per heavy atom. The zero-order valence-electron chi connectivity index (χ0n) is 21.4. The lowest BCUT2D eigenvalue weighted by atomic mass is 10.2. The smallest absolute Gasteiger partial charge is 0.327 e. The number of carbonyl (C=O) groups excluding carboxylic acids is 1. The lowest BCUT2D eigenvalue weighted by Crippen LogP contribution is -2.39. The van der Waals surface area contributed by atoms with Crippen molar-refractivity contribution >= 4 is 61.6 Å². The molecule has 2 aromatic heterocycles. The second-order valence-corrected chi connectivity index (χ2v) is 12.3. The molecule has 0 bridgehead atoms. The highest BCUT2D eigenvalue weighted by atomic mass is 35.5. The number of aliphatic hydroxyl groups is 1. The molecule has 2 heterocycles. The van der Waals surface area contributed by atoms with Gasteiger partial charge >= 0.3 is 5.97 Å². The summed E-state index contributed by atoms with van der Waals surface area (Å²) in [4.78, 5) is 12.6. The van der Waals surface area contributed by atoms with Gasteiger partial charge in [0.1, 0.15) is 18.0 Å². The van der Waals surface area contributed by atoms with Crippen molar-refractivity contribution in [1.82, 2.24) is 14.8 Å². The van der Waals surface area contributed by atoms with E-state index in [1.807, 2.05) is 0 Å². The number of halogens is 2. The molecule has 2 aromatic carbocycles. The number of nitrogens with zero attached hydrogens (tertiary/aromatic N) is 4. The molecule has 0 radical (unpaired) electrons. The first-order chi connectivity index (χ1) is 18.4. The van der Waals surface area contributed by atoms with E-state index in [1.54, 1.807) is 67.9 Å². The molecule has 206 valence electrons. The summed E-state index contributed by atoms with van der Waals surface area (Å²) in [6.07, 6.45) is 1.78. The van der Waals surface area contributed by atoms with Gasteiger partial charge in [-0.1, -0.05) is 23.2 Å². The number of carbonyl (C=O) groups is 1. The summed E-state index contributed by atoms with van der Waals surface area (Å²) in [5.74, 6) is 0.344. The number of ether oxygens (including phenoxy) is 1. The van der Waals surface area contributed by atoms with Gasteiger partial charge in [0.25, 0.3) is 10.0 Å². The van der Waals surface area contributed by atoms with Crippen LogP contribution in [0, 0.1) is 0 Å². The lowest BCUT2D eigenvalue weighted by Gasteiger charge is -2.26. The molecule has 10 nitrogen and oxygen atoms in total. The molecule has 2 N–H and O–H groups in total. The monoisotopic (exact) mass is 591 g/mol. The van der Waals surface area contributed by atoms with Gasteiger partial charge in [-0.25, -0.2) is 8.42 Å². The van der Waals surface area contributed by atoms with Crippen molar-refractivity contribution in [2.45, 2.75) is 31.3 Å². The van der Waals surface area contributed by atoms with Crippen LogP contribution in [0.5, 0.6) is 0 Å².